The molecule has 5 heterocycles. The highest BCUT2D eigenvalue weighted by Crippen LogP contribution is 2.44. The van der Waals surface area contributed by atoms with Crippen LogP contribution in [-0.4, -0.2) is 149 Å². The average molecular weight is 1350 g/mol. The highest BCUT2D eigenvalue weighted by molar-refractivity contribution is 7.86. The predicted octanol–water partition coefficient (Wildman–Crippen LogP) is 11.2. The van der Waals surface area contributed by atoms with Crippen LogP contribution in [0.15, 0.2) is 163 Å². The van der Waals surface area contributed by atoms with E-state index in [9.17, 15) is 22.8 Å². The first kappa shape index (κ1) is 69.3. The Balaban J connectivity index is 0.000000142. The van der Waals surface area contributed by atoms with Gasteiger partial charge in [-0.05, 0) is 216 Å². The highest BCUT2D eigenvalue weighted by atomic mass is 32.2. The molecule has 5 aliphatic heterocycles. The number of methoxy groups -OCH3 is 3. The Morgan fingerprint density at radius 1 is 0.443 bits per heavy atom. The molecule has 0 radical (unpaired) electrons. The minimum absolute atomic E-state index is 0.0322. The second-order valence-electron chi connectivity index (χ2n) is 24.6. The third kappa shape index (κ3) is 19.4. The third-order valence-corrected chi connectivity index (χ3v) is 18.0. The molecule has 0 bridgehead atoms. The van der Waals surface area contributed by atoms with E-state index >= 15 is 0 Å². The minimum atomic E-state index is -3.52. The number of rotatable bonds is 27. The van der Waals surface area contributed by atoms with Gasteiger partial charge in [0, 0.05) is 61.4 Å². The van der Waals surface area contributed by atoms with E-state index in [2.05, 4.69) is 50.8 Å². The molecule has 3 aliphatic carbocycles. The van der Waals surface area contributed by atoms with E-state index in [0.717, 1.165) is 31.6 Å². The van der Waals surface area contributed by atoms with E-state index in [-0.39, 0.29) is 49.9 Å². The van der Waals surface area contributed by atoms with Gasteiger partial charge in [-0.1, -0.05) is 36.4 Å². The first-order valence-electron chi connectivity index (χ1n) is 33.4. The normalized spacial score (nSPS) is 17.4. The molecule has 14 rings (SSSR count). The van der Waals surface area contributed by atoms with Crippen LogP contribution < -0.4 is 62.6 Å². The summed E-state index contributed by atoms with van der Waals surface area (Å²) in [6.45, 7) is 7.63. The number of nitrogens with one attached hydrogen (secondary N) is 1. The fraction of sp³-hybridized carbons (Fsp3) is 0.400. The fourth-order valence-electron chi connectivity index (χ4n) is 11.7. The molecule has 2 saturated heterocycles. The van der Waals surface area contributed by atoms with Crippen molar-refractivity contribution in [2.45, 2.75) is 82.0 Å². The Kier molecular flexibility index (Phi) is 23.8. The molecule has 6 aromatic carbocycles. The third-order valence-electron chi connectivity index (χ3n) is 17.4. The van der Waals surface area contributed by atoms with Crippen molar-refractivity contribution in [1.82, 2.24) is 10.2 Å². The van der Waals surface area contributed by atoms with Gasteiger partial charge >= 0.3 is 0 Å². The average Bonchev–Trinajstić information content (AvgIpc) is 1.71. The van der Waals surface area contributed by atoms with Crippen LogP contribution >= 0.6 is 0 Å². The quantitative estimate of drug-likeness (QED) is 0.0361. The standard InChI is InChI=1S/C26H30N2O4.C23H25NO7S.C22H23NO5.C4H9N/c1-30-25-18-21(8-11-23(25)31-17-16-27-13-2-3-14-27)28-15-12-24(26(28)29)32-22-9-6-20(7-10-22)19-4-5-19;1-28-22-15-18(7-10-20(22)29-13-14-30-32(2,26)27)24-12-11-21(23(24)25)31-19-8-5-17(6-9-19)16-3-4-16;1-26-21-14-17(6-9-19(21)27-13-12-24)23-11-10-20(22(23)25)28-18-7-4-16(5-8-18)15-2-3-15;1-2-4-5-3-1/h6-12,18-19H,2-5,13-17H2,1H3;5-11,15-16H,3-4,12-14H2,1-2H3;4-10,14-15,24H,2-3,11-13H2,1H3;5H,1-4H2. The van der Waals surface area contributed by atoms with Gasteiger partial charge in [-0.25, -0.2) is 0 Å². The van der Waals surface area contributed by atoms with Crippen molar-refractivity contribution in [2.24, 2.45) is 0 Å². The number of hydrogen-bond donors (Lipinski definition) is 2. The van der Waals surface area contributed by atoms with E-state index in [1.54, 1.807) is 70.4 Å². The Morgan fingerprint density at radius 2 is 0.794 bits per heavy atom. The van der Waals surface area contributed by atoms with Crippen LogP contribution in [0.3, 0.4) is 0 Å². The van der Waals surface area contributed by atoms with Crippen LogP contribution in [-0.2, 0) is 28.7 Å². The van der Waals surface area contributed by atoms with E-state index in [4.69, 9.17) is 47.7 Å². The Morgan fingerprint density at radius 3 is 1.10 bits per heavy atom. The van der Waals surface area contributed by atoms with Crippen molar-refractivity contribution < 1.29 is 74.7 Å². The maximum atomic E-state index is 13.0. The van der Waals surface area contributed by atoms with Crippen LogP contribution in [0.4, 0.5) is 17.1 Å². The van der Waals surface area contributed by atoms with Gasteiger partial charge in [-0.3, -0.25) is 23.5 Å². The lowest BCUT2D eigenvalue weighted by atomic mass is 10.1. The van der Waals surface area contributed by atoms with Crippen molar-refractivity contribution in [1.29, 1.82) is 0 Å². The number of benzene rings is 6. The molecule has 97 heavy (non-hydrogen) atoms. The van der Waals surface area contributed by atoms with Crippen LogP contribution in [0.1, 0.15) is 98.7 Å². The van der Waals surface area contributed by atoms with Gasteiger partial charge < -0.3 is 67.8 Å². The number of amides is 3. The van der Waals surface area contributed by atoms with E-state index in [1.165, 1.54) is 108 Å². The second-order valence-corrected chi connectivity index (χ2v) is 26.2. The summed E-state index contributed by atoms with van der Waals surface area (Å²) in [6.07, 6.45) is 19.2. The zero-order valence-electron chi connectivity index (χ0n) is 55.6. The number of aliphatic hydroxyl groups is 1. The molecular weight excluding hydrogens is 1260 g/mol. The maximum absolute atomic E-state index is 13.0. The van der Waals surface area contributed by atoms with Crippen LogP contribution in [0.25, 0.3) is 0 Å². The van der Waals surface area contributed by atoms with Crippen LogP contribution in [0.5, 0.6) is 51.7 Å². The van der Waals surface area contributed by atoms with Crippen molar-refractivity contribution in [2.75, 3.05) is 128 Å². The zero-order valence-corrected chi connectivity index (χ0v) is 56.4. The molecule has 21 nitrogen and oxygen atoms in total. The van der Waals surface area contributed by atoms with E-state index in [1.807, 2.05) is 60.7 Å². The summed E-state index contributed by atoms with van der Waals surface area (Å²) in [5, 5.41) is 12.1. The molecule has 0 unspecified atom stereocenters. The largest absolute Gasteiger partial charge is 0.493 e. The van der Waals surface area contributed by atoms with Gasteiger partial charge in [0.15, 0.2) is 51.8 Å². The lowest BCUT2D eigenvalue weighted by Crippen LogP contribution is -2.27. The molecular formula is C75H87N5O16S. The number of anilines is 3. The Hall–Kier alpha value is -9.06. The summed E-state index contributed by atoms with van der Waals surface area (Å²) < 4.78 is 77.4. The number of hydrogen-bond acceptors (Lipinski definition) is 18. The molecule has 8 aliphatic rings. The fourth-order valence-corrected chi connectivity index (χ4v) is 12.0. The topological polar surface area (TPSA) is 223 Å². The highest BCUT2D eigenvalue weighted by Gasteiger charge is 2.32. The summed E-state index contributed by atoms with van der Waals surface area (Å²) in [7, 11) is 1.12. The minimum Gasteiger partial charge on any atom is -0.493 e. The Labute approximate surface area is 568 Å². The van der Waals surface area contributed by atoms with Gasteiger partial charge in [0.05, 0.1) is 34.2 Å². The maximum Gasteiger partial charge on any atom is 0.294 e. The lowest BCUT2D eigenvalue weighted by Gasteiger charge is -2.20. The molecule has 0 spiro atoms. The first-order chi connectivity index (χ1) is 47.2. The number of carbonyl (C=O) groups excluding carboxylic acids is 3. The van der Waals surface area contributed by atoms with Crippen LogP contribution in [0.2, 0.25) is 0 Å². The molecule has 514 valence electrons. The predicted molar refractivity (Wildman–Crippen MR) is 370 cm³/mol. The number of likely N-dealkylation sites (tertiary alicyclic amines) is 1. The number of aliphatic hydroxyl groups excluding tert-OH is 1. The molecule has 2 N–H and O–H groups in total. The summed E-state index contributed by atoms with van der Waals surface area (Å²) in [5.74, 6) is 7.59. The monoisotopic (exact) mass is 1350 g/mol. The van der Waals surface area contributed by atoms with Gasteiger partial charge in [-0.15, -0.1) is 0 Å². The van der Waals surface area contributed by atoms with Gasteiger partial charge in [0.1, 0.15) is 43.7 Å². The number of ether oxygens (including phenoxy) is 9. The molecule has 3 saturated carbocycles. The molecule has 0 atom stereocenters. The number of nitrogens with zero attached hydrogens (tertiary/aromatic N) is 4. The molecule has 5 fully saturated rings. The molecule has 6 aromatic rings. The Bertz CT molecular complexity index is 3870. The van der Waals surface area contributed by atoms with Crippen molar-refractivity contribution >= 4 is 44.9 Å². The molecule has 3 amide bonds. The van der Waals surface area contributed by atoms with Crippen molar-refractivity contribution in [3.8, 4) is 51.7 Å². The van der Waals surface area contributed by atoms with E-state index < -0.39 is 10.1 Å². The summed E-state index contributed by atoms with van der Waals surface area (Å²) in [6, 6.07) is 39.9. The zero-order chi connectivity index (χ0) is 67.7. The summed E-state index contributed by atoms with van der Waals surface area (Å²) in [4.78, 5) is 45.9. The SMILES string of the molecule is C1CCNC1.COc1cc(N2CC=C(Oc3ccc(C4CC4)cc3)C2=O)ccc1OCCN1CCCC1.COc1cc(N2CC=C(Oc3ccc(C4CC4)cc3)C2=O)ccc1OCCO.COc1cc(N2CC=C(Oc3ccc(C4CC4)cc3)C2=O)ccc1OCCOS(C)(=O)=O. The van der Waals surface area contributed by atoms with Crippen molar-refractivity contribution in [3.63, 3.8) is 0 Å². The van der Waals surface area contributed by atoms with Gasteiger partial charge in [-0.2, -0.15) is 8.42 Å². The summed E-state index contributed by atoms with van der Waals surface area (Å²) in [5.41, 5.74) is 6.07. The second kappa shape index (κ2) is 33.3. The van der Waals surface area contributed by atoms with Crippen LogP contribution in [0, 0.1) is 0 Å². The molecule has 22 heteroatoms. The van der Waals surface area contributed by atoms with Gasteiger partial charge in [0.2, 0.25) is 0 Å². The molecule has 0 aromatic heterocycles. The smallest absolute Gasteiger partial charge is 0.294 e. The van der Waals surface area contributed by atoms with Crippen molar-refractivity contribution in [3.05, 3.63) is 180 Å². The summed E-state index contributed by atoms with van der Waals surface area (Å²) >= 11 is 0. The number of carbonyl (C=O) groups is 3. The van der Waals surface area contributed by atoms with Gasteiger partial charge in [0.25, 0.3) is 27.8 Å². The first-order valence-corrected chi connectivity index (χ1v) is 35.3. The van der Waals surface area contributed by atoms with E-state index in [0.29, 0.717) is 119 Å². The lowest BCUT2D eigenvalue weighted by molar-refractivity contribution is -0.117.